The molecule has 0 bridgehead atoms. The summed E-state index contributed by atoms with van der Waals surface area (Å²) in [6, 6.07) is 10.8. The van der Waals surface area contributed by atoms with Gasteiger partial charge in [-0.3, -0.25) is 0 Å². The Kier molecular flexibility index (Phi) is 4.79. The summed E-state index contributed by atoms with van der Waals surface area (Å²) in [7, 11) is -3.43. The molecule has 0 amide bonds. The van der Waals surface area contributed by atoms with Crippen LogP contribution in [0.4, 0.5) is 5.69 Å². The van der Waals surface area contributed by atoms with E-state index in [1.807, 2.05) is 12.1 Å². The molecule has 4 rings (SSSR count). The van der Waals surface area contributed by atoms with Gasteiger partial charge in [0.2, 0.25) is 15.7 Å². The zero-order valence-electron chi connectivity index (χ0n) is 15.1. The molecule has 1 N–H and O–H groups in total. The van der Waals surface area contributed by atoms with Gasteiger partial charge in [0.25, 0.3) is 0 Å². The molecule has 0 aliphatic carbocycles. The van der Waals surface area contributed by atoms with Crippen molar-refractivity contribution >= 4 is 21.4 Å². The number of aryl methyl sites for hydroxylation is 1. The zero-order valence-corrected chi connectivity index (χ0v) is 15.9. The number of hydrogen-bond donors (Lipinski definition) is 1. The van der Waals surface area contributed by atoms with Crippen LogP contribution < -0.4 is 5.32 Å². The van der Waals surface area contributed by atoms with Gasteiger partial charge in [-0.2, -0.15) is 13.9 Å². The van der Waals surface area contributed by atoms with Crippen LogP contribution in [-0.2, 0) is 16.4 Å². The first-order chi connectivity index (χ1) is 13.1. The van der Waals surface area contributed by atoms with Crippen LogP contribution in [0.2, 0.25) is 0 Å². The monoisotopic (exact) mass is 386 g/mol. The first-order valence-corrected chi connectivity index (χ1v) is 10.5. The summed E-state index contributed by atoms with van der Waals surface area (Å²) in [5.74, 6) is 0. The first-order valence-electron chi connectivity index (χ1n) is 9.09. The fourth-order valence-corrected chi connectivity index (χ4v) is 4.85. The predicted octanol–water partition coefficient (Wildman–Crippen LogP) is 1.95. The third kappa shape index (κ3) is 3.52. The highest BCUT2D eigenvalue weighted by atomic mass is 32.2. The van der Waals surface area contributed by atoms with Crippen LogP contribution in [0.5, 0.6) is 0 Å². The lowest BCUT2D eigenvalue weighted by atomic mass is 10.1. The van der Waals surface area contributed by atoms with Crippen LogP contribution in [0.1, 0.15) is 25.5 Å². The summed E-state index contributed by atoms with van der Waals surface area (Å²) >= 11 is 0. The molecule has 9 heteroatoms. The van der Waals surface area contributed by atoms with Crippen LogP contribution in [0.25, 0.3) is 5.65 Å². The second-order valence-electron chi connectivity index (χ2n) is 6.64. The summed E-state index contributed by atoms with van der Waals surface area (Å²) < 4.78 is 28.7. The van der Waals surface area contributed by atoms with Gasteiger partial charge in [0.05, 0.1) is 16.3 Å². The van der Waals surface area contributed by atoms with Crippen LogP contribution in [0.3, 0.4) is 0 Å². The fraction of sp³-hybridized carbons (Fsp3) is 0.389. The van der Waals surface area contributed by atoms with E-state index in [-0.39, 0.29) is 6.04 Å². The molecule has 0 unspecified atom stereocenters. The molecule has 142 valence electrons. The second kappa shape index (κ2) is 7.24. The van der Waals surface area contributed by atoms with Crippen molar-refractivity contribution in [1.29, 1.82) is 0 Å². The Hall–Kier alpha value is -2.52. The Balaban J connectivity index is 1.47. The SMILES string of the molecule is CCc1cc(NC2CCN(S(=O)(=O)c3ccccc3)CC2)c2nncn2n1. The van der Waals surface area contributed by atoms with E-state index < -0.39 is 10.0 Å². The highest BCUT2D eigenvalue weighted by Gasteiger charge is 2.29. The average Bonchev–Trinajstić information content (AvgIpc) is 3.18. The predicted molar refractivity (Wildman–Crippen MR) is 102 cm³/mol. The number of nitrogens with zero attached hydrogens (tertiary/aromatic N) is 5. The minimum Gasteiger partial charge on any atom is -0.379 e. The maximum absolute atomic E-state index is 12.8. The second-order valence-corrected chi connectivity index (χ2v) is 8.58. The lowest BCUT2D eigenvalue weighted by molar-refractivity contribution is 0.330. The largest absolute Gasteiger partial charge is 0.379 e. The molecule has 1 fully saturated rings. The fourth-order valence-electron chi connectivity index (χ4n) is 3.36. The smallest absolute Gasteiger partial charge is 0.243 e. The van der Waals surface area contributed by atoms with Crippen molar-refractivity contribution in [2.24, 2.45) is 0 Å². The van der Waals surface area contributed by atoms with Gasteiger partial charge in [0.1, 0.15) is 6.33 Å². The van der Waals surface area contributed by atoms with Gasteiger partial charge in [-0.15, -0.1) is 10.2 Å². The molecular formula is C18H22N6O2S. The lowest BCUT2D eigenvalue weighted by Crippen LogP contribution is -2.42. The van der Waals surface area contributed by atoms with Gasteiger partial charge >= 0.3 is 0 Å². The molecular weight excluding hydrogens is 364 g/mol. The van der Waals surface area contributed by atoms with Crippen LogP contribution in [-0.4, -0.2) is 51.7 Å². The summed E-state index contributed by atoms with van der Waals surface area (Å²) in [4.78, 5) is 0.350. The van der Waals surface area contributed by atoms with E-state index in [4.69, 9.17) is 0 Å². The quantitative estimate of drug-likeness (QED) is 0.721. The van der Waals surface area contributed by atoms with Crippen LogP contribution in [0.15, 0.2) is 47.6 Å². The summed E-state index contributed by atoms with van der Waals surface area (Å²) in [5, 5.41) is 16.0. The van der Waals surface area contributed by atoms with E-state index in [0.29, 0.717) is 23.6 Å². The Morgan fingerprint density at radius 2 is 1.93 bits per heavy atom. The molecule has 3 aromatic rings. The molecule has 1 aliphatic heterocycles. The first kappa shape index (κ1) is 17.9. The normalized spacial score (nSPS) is 16.6. The van der Waals surface area contributed by atoms with Gasteiger partial charge in [-0.05, 0) is 37.5 Å². The topological polar surface area (TPSA) is 92.5 Å². The third-order valence-corrected chi connectivity index (χ3v) is 6.79. The average molecular weight is 386 g/mol. The molecule has 0 radical (unpaired) electrons. The Bertz CT molecular complexity index is 1030. The highest BCUT2D eigenvalue weighted by Crippen LogP contribution is 2.24. The number of fused-ring (bicyclic) bond motifs is 1. The Morgan fingerprint density at radius 3 is 2.63 bits per heavy atom. The number of benzene rings is 1. The summed E-state index contributed by atoms with van der Waals surface area (Å²) in [6.07, 6.45) is 3.87. The number of aromatic nitrogens is 4. The zero-order chi connectivity index (χ0) is 18.9. The van der Waals surface area contributed by atoms with Gasteiger partial charge in [-0.1, -0.05) is 25.1 Å². The van der Waals surface area contributed by atoms with Gasteiger partial charge in [-0.25, -0.2) is 8.42 Å². The minimum atomic E-state index is -3.43. The molecule has 0 spiro atoms. The molecule has 8 nitrogen and oxygen atoms in total. The number of hydrogen-bond acceptors (Lipinski definition) is 6. The van der Waals surface area contributed by atoms with E-state index in [9.17, 15) is 8.42 Å². The third-order valence-electron chi connectivity index (χ3n) is 4.88. The van der Waals surface area contributed by atoms with E-state index in [0.717, 1.165) is 30.6 Å². The van der Waals surface area contributed by atoms with Crippen molar-refractivity contribution in [2.75, 3.05) is 18.4 Å². The van der Waals surface area contributed by atoms with Crippen molar-refractivity contribution in [3.8, 4) is 0 Å². The van der Waals surface area contributed by atoms with E-state index in [1.54, 1.807) is 39.4 Å². The number of piperidine rings is 1. The van der Waals surface area contributed by atoms with E-state index in [1.165, 1.54) is 0 Å². The summed E-state index contributed by atoms with van der Waals surface area (Å²) in [5.41, 5.74) is 2.53. The molecule has 2 aromatic heterocycles. The molecule has 3 heterocycles. The van der Waals surface area contributed by atoms with Crippen molar-refractivity contribution in [3.05, 3.63) is 48.4 Å². The van der Waals surface area contributed by atoms with Gasteiger partial charge < -0.3 is 5.32 Å². The number of anilines is 1. The molecule has 0 atom stereocenters. The van der Waals surface area contributed by atoms with Crippen molar-refractivity contribution in [2.45, 2.75) is 37.1 Å². The Labute approximate surface area is 158 Å². The molecule has 0 saturated carbocycles. The number of sulfonamides is 1. The number of rotatable bonds is 5. The van der Waals surface area contributed by atoms with Crippen molar-refractivity contribution in [3.63, 3.8) is 0 Å². The van der Waals surface area contributed by atoms with Gasteiger partial charge in [0.15, 0.2) is 0 Å². The maximum atomic E-state index is 12.8. The lowest BCUT2D eigenvalue weighted by Gasteiger charge is -2.32. The summed E-state index contributed by atoms with van der Waals surface area (Å²) in [6.45, 7) is 3.03. The molecule has 27 heavy (non-hydrogen) atoms. The van der Waals surface area contributed by atoms with E-state index >= 15 is 0 Å². The van der Waals surface area contributed by atoms with Crippen LogP contribution in [0, 0.1) is 0 Å². The standard InChI is InChI=1S/C18H22N6O2S/c1-2-14-12-17(18-21-19-13-24(18)22-14)20-15-8-10-23(11-9-15)27(25,26)16-6-4-3-5-7-16/h3-7,12-13,15,20H,2,8-11H2,1H3. The molecule has 1 aromatic carbocycles. The van der Waals surface area contributed by atoms with Crippen molar-refractivity contribution < 1.29 is 8.42 Å². The van der Waals surface area contributed by atoms with E-state index in [2.05, 4.69) is 27.5 Å². The van der Waals surface area contributed by atoms with Crippen LogP contribution >= 0.6 is 0 Å². The highest BCUT2D eigenvalue weighted by molar-refractivity contribution is 7.89. The number of nitrogens with one attached hydrogen (secondary N) is 1. The van der Waals surface area contributed by atoms with Crippen molar-refractivity contribution in [1.82, 2.24) is 24.1 Å². The molecule has 1 saturated heterocycles. The molecule has 1 aliphatic rings. The Morgan fingerprint density at radius 1 is 1.19 bits per heavy atom. The van der Waals surface area contributed by atoms with Gasteiger partial charge in [0, 0.05) is 19.1 Å². The minimum absolute atomic E-state index is 0.180. The maximum Gasteiger partial charge on any atom is 0.243 e.